The van der Waals surface area contributed by atoms with Gasteiger partial charge in [0.05, 0.1) is 22.4 Å². The van der Waals surface area contributed by atoms with Crippen LogP contribution in [0.2, 0.25) is 0 Å². The Hall–Kier alpha value is -5.86. The molecule has 58 heavy (non-hydrogen) atoms. The second-order valence-electron chi connectivity index (χ2n) is 16.3. The summed E-state index contributed by atoms with van der Waals surface area (Å²) in [7, 11) is -1.44. The summed E-state index contributed by atoms with van der Waals surface area (Å²) in [6.45, 7) is 18.6. The molecular formula is C54H52N3P. The molecule has 1 aromatic heterocycles. The highest BCUT2D eigenvalue weighted by Gasteiger charge is 2.32. The summed E-state index contributed by atoms with van der Waals surface area (Å²) in [5, 5.41) is 7.56. The van der Waals surface area contributed by atoms with E-state index in [1.54, 1.807) is 0 Å². The summed E-state index contributed by atoms with van der Waals surface area (Å²) in [6, 6.07) is 59.4. The molecule has 0 spiro atoms. The van der Waals surface area contributed by atoms with Crippen molar-refractivity contribution in [3.8, 4) is 11.4 Å². The first-order valence-corrected chi connectivity index (χ1v) is 21.8. The van der Waals surface area contributed by atoms with Gasteiger partial charge in [0.1, 0.15) is 8.00 Å². The lowest BCUT2D eigenvalue weighted by Crippen LogP contribution is -2.31. The van der Waals surface area contributed by atoms with Gasteiger partial charge in [-0.1, -0.05) is 157 Å². The zero-order valence-electron chi connectivity index (χ0n) is 35.0. The Morgan fingerprint density at radius 1 is 0.414 bits per heavy atom. The summed E-state index contributed by atoms with van der Waals surface area (Å²) in [5.74, 6) is 0. The molecule has 0 aliphatic rings. The van der Waals surface area contributed by atoms with E-state index in [1.165, 1.54) is 99.2 Å². The zero-order valence-corrected chi connectivity index (χ0v) is 35.8. The minimum atomic E-state index is -1.44. The van der Waals surface area contributed by atoms with Crippen molar-refractivity contribution in [1.29, 1.82) is 0 Å². The summed E-state index contributed by atoms with van der Waals surface area (Å²) < 4.78 is 8.42. The van der Waals surface area contributed by atoms with Gasteiger partial charge in [0.25, 0.3) is 0 Å². The van der Waals surface area contributed by atoms with Crippen LogP contribution in [0.4, 0.5) is 0 Å². The van der Waals surface area contributed by atoms with Crippen LogP contribution in [0.5, 0.6) is 0 Å². The molecule has 0 amide bonds. The standard InChI is InChI=1S/C54H52N3P/c1-35-31-37(3)53(38(4)32-35)56-49-29-27-45-23-15-17-25-47(45)51(49)52-48-26-18-16-24-46(48)28-30-50(52)57(54-39(5)33-36(2)34-40(54)6)58(56)55(41(7)43-19-11-9-12-20-43)42(8)44-21-13-10-14-22-44/h9-34,41-42H,1-8H3/t41-,42-/m0/s1. The molecule has 0 bridgehead atoms. The first-order chi connectivity index (χ1) is 28.1. The van der Waals surface area contributed by atoms with E-state index in [0.29, 0.717) is 0 Å². The number of hydrogen-bond donors (Lipinski definition) is 0. The molecule has 9 aromatic rings. The predicted octanol–water partition coefficient (Wildman–Crippen LogP) is 15.3. The highest BCUT2D eigenvalue weighted by molar-refractivity contribution is 7.45. The SMILES string of the molecule is Cc1cc(C)c(-n2c3ccc4ccccc4c3c3c4ccccc4ccc3n(-c3c(C)cc(C)cc3C)p2N([C@@H](C)c2ccccc2)[C@@H](C)c2ccccc2)c(C)c1. The van der Waals surface area contributed by atoms with E-state index in [9.17, 15) is 0 Å². The van der Waals surface area contributed by atoms with Crippen molar-refractivity contribution in [1.82, 2.24) is 8.66 Å². The van der Waals surface area contributed by atoms with Crippen LogP contribution in [0, 0.1) is 41.5 Å². The number of nitrogens with zero attached hydrogens (tertiary/aromatic N) is 3. The summed E-state index contributed by atoms with van der Waals surface area (Å²) in [6.07, 6.45) is 0. The summed E-state index contributed by atoms with van der Waals surface area (Å²) >= 11 is 0. The molecule has 1 heterocycles. The average molecular weight is 774 g/mol. The van der Waals surface area contributed by atoms with Gasteiger partial charge in [0, 0.05) is 22.9 Å². The van der Waals surface area contributed by atoms with Gasteiger partial charge in [-0.05, 0) is 122 Å². The quantitative estimate of drug-likeness (QED) is 0.157. The molecule has 0 radical (unpaired) electrons. The van der Waals surface area contributed by atoms with Crippen molar-refractivity contribution in [3.05, 3.63) is 202 Å². The van der Waals surface area contributed by atoms with Crippen LogP contribution in [0.15, 0.2) is 158 Å². The molecule has 0 aliphatic heterocycles. The van der Waals surface area contributed by atoms with E-state index < -0.39 is 8.00 Å². The number of aryl methyl sites for hydroxylation is 6. The fraction of sp³-hybridized carbons (Fsp3) is 0.185. The molecule has 2 atom stereocenters. The third-order valence-corrected chi connectivity index (χ3v) is 14.8. The molecule has 0 saturated heterocycles. The fourth-order valence-electron chi connectivity index (χ4n) is 9.73. The van der Waals surface area contributed by atoms with Crippen molar-refractivity contribution >= 4 is 51.4 Å². The predicted molar refractivity (Wildman–Crippen MR) is 252 cm³/mol. The van der Waals surface area contributed by atoms with Crippen LogP contribution < -0.4 is 4.67 Å². The smallest absolute Gasteiger partial charge is 0.118 e. The molecule has 9 rings (SSSR count). The zero-order chi connectivity index (χ0) is 40.2. The molecule has 3 nitrogen and oxygen atoms in total. The van der Waals surface area contributed by atoms with Gasteiger partial charge >= 0.3 is 0 Å². The fourth-order valence-corrected chi connectivity index (χ4v) is 12.9. The number of hydrogen-bond acceptors (Lipinski definition) is 1. The van der Waals surface area contributed by atoms with Crippen LogP contribution in [-0.2, 0) is 0 Å². The topological polar surface area (TPSA) is 13.1 Å². The van der Waals surface area contributed by atoms with E-state index in [2.05, 4.69) is 226 Å². The van der Waals surface area contributed by atoms with Crippen LogP contribution >= 0.6 is 8.00 Å². The molecule has 0 saturated carbocycles. The highest BCUT2D eigenvalue weighted by Crippen LogP contribution is 2.52. The summed E-state index contributed by atoms with van der Waals surface area (Å²) in [4.78, 5) is 0. The number of rotatable bonds is 7. The molecule has 8 aromatic carbocycles. The molecule has 0 N–H and O–H groups in total. The lowest BCUT2D eigenvalue weighted by Gasteiger charge is -2.39. The van der Waals surface area contributed by atoms with Crippen molar-refractivity contribution in [2.24, 2.45) is 0 Å². The molecular weight excluding hydrogens is 722 g/mol. The summed E-state index contributed by atoms with van der Waals surface area (Å²) in [5.41, 5.74) is 15.2. The van der Waals surface area contributed by atoms with E-state index in [1.807, 2.05) is 0 Å². The minimum Gasteiger partial charge on any atom is -0.274 e. The van der Waals surface area contributed by atoms with E-state index in [0.717, 1.165) is 0 Å². The van der Waals surface area contributed by atoms with Crippen molar-refractivity contribution in [2.45, 2.75) is 67.5 Å². The Kier molecular flexibility index (Phi) is 9.84. The Morgan fingerprint density at radius 3 is 1.14 bits per heavy atom. The number of aromatic nitrogens is 2. The second-order valence-corrected chi connectivity index (χ2v) is 18.1. The van der Waals surface area contributed by atoms with Crippen LogP contribution in [-0.4, -0.2) is 8.66 Å². The first kappa shape index (κ1) is 37.7. The maximum Gasteiger partial charge on any atom is 0.118 e. The van der Waals surface area contributed by atoms with Crippen molar-refractivity contribution in [3.63, 3.8) is 0 Å². The second kappa shape index (κ2) is 15.1. The van der Waals surface area contributed by atoms with Gasteiger partial charge in [0.2, 0.25) is 0 Å². The lowest BCUT2D eigenvalue weighted by atomic mass is 9.97. The Bertz CT molecular complexity index is 2800. The van der Waals surface area contributed by atoms with Gasteiger partial charge in [-0.3, -0.25) is 8.66 Å². The van der Waals surface area contributed by atoms with E-state index in [4.69, 9.17) is 0 Å². The number of fused-ring (bicyclic) bond motifs is 7. The van der Waals surface area contributed by atoms with Gasteiger partial charge in [-0.25, -0.2) is 4.67 Å². The van der Waals surface area contributed by atoms with Crippen LogP contribution in [0.1, 0.15) is 70.4 Å². The van der Waals surface area contributed by atoms with Crippen LogP contribution in [0.25, 0.3) is 54.7 Å². The maximum absolute atomic E-state index is 2.85. The minimum absolute atomic E-state index is 0.0375. The molecule has 0 aliphatic carbocycles. The molecule has 4 heteroatoms. The van der Waals surface area contributed by atoms with Gasteiger partial charge in [-0.15, -0.1) is 0 Å². The van der Waals surface area contributed by atoms with E-state index in [-0.39, 0.29) is 12.1 Å². The van der Waals surface area contributed by atoms with Gasteiger partial charge < -0.3 is 0 Å². The Labute approximate surface area is 344 Å². The lowest BCUT2D eigenvalue weighted by molar-refractivity contribution is 0.622. The third kappa shape index (κ3) is 6.34. The van der Waals surface area contributed by atoms with Crippen molar-refractivity contribution < 1.29 is 0 Å². The van der Waals surface area contributed by atoms with Crippen molar-refractivity contribution in [2.75, 3.05) is 4.67 Å². The Morgan fingerprint density at radius 2 is 0.759 bits per heavy atom. The first-order valence-electron chi connectivity index (χ1n) is 20.6. The maximum atomic E-state index is 2.85. The largest absolute Gasteiger partial charge is 0.274 e. The normalized spacial score (nSPS) is 12.8. The Balaban J connectivity index is 1.67. The average Bonchev–Trinajstić information content (AvgIpc) is 3.34. The van der Waals surface area contributed by atoms with E-state index >= 15 is 0 Å². The van der Waals surface area contributed by atoms with Gasteiger partial charge in [0.15, 0.2) is 0 Å². The monoisotopic (exact) mass is 773 g/mol. The van der Waals surface area contributed by atoms with Gasteiger partial charge in [-0.2, -0.15) is 0 Å². The molecule has 0 fully saturated rings. The molecule has 288 valence electrons. The number of benzene rings is 8. The van der Waals surface area contributed by atoms with Crippen LogP contribution in [0.3, 0.4) is 0 Å². The molecule has 0 unspecified atom stereocenters. The highest BCUT2D eigenvalue weighted by atomic mass is 31.1. The third-order valence-electron chi connectivity index (χ3n) is 12.1.